The van der Waals surface area contributed by atoms with Crippen LogP contribution in [0.1, 0.15) is 17.5 Å². The molecule has 1 N–H and O–H groups in total. The summed E-state index contributed by atoms with van der Waals surface area (Å²) in [4.78, 5) is 0.876. The zero-order valence-corrected chi connectivity index (χ0v) is 12.4. The van der Waals surface area contributed by atoms with E-state index in [0.717, 1.165) is 15.0 Å². The molecule has 5 heteroatoms. The van der Waals surface area contributed by atoms with Crippen LogP contribution < -0.4 is 4.74 Å². The van der Waals surface area contributed by atoms with Crippen LogP contribution in [0.2, 0.25) is 0 Å². The fourth-order valence-corrected chi connectivity index (χ4v) is 3.57. The van der Waals surface area contributed by atoms with Crippen LogP contribution in [0.5, 0.6) is 5.75 Å². The third-order valence-electron chi connectivity index (χ3n) is 3.49. The van der Waals surface area contributed by atoms with E-state index in [1.54, 1.807) is 43.3 Å². The molecule has 0 bridgehead atoms. The average Bonchev–Trinajstić information content (AvgIpc) is 3.02. The molecule has 0 saturated carbocycles. The summed E-state index contributed by atoms with van der Waals surface area (Å²) in [7, 11) is 3.39. The van der Waals surface area contributed by atoms with E-state index in [0.29, 0.717) is 11.4 Å². The Morgan fingerprint density at radius 3 is 2.80 bits per heavy atom. The Morgan fingerprint density at radius 2 is 2.10 bits per heavy atom. The van der Waals surface area contributed by atoms with E-state index in [1.807, 2.05) is 24.3 Å². The van der Waals surface area contributed by atoms with E-state index in [-0.39, 0.29) is 0 Å². The van der Waals surface area contributed by atoms with Crippen molar-refractivity contribution in [1.82, 2.24) is 9.78 Å². The molecule has 0 aliphatic carbocycles. The molecule has 0 radical (unpaired) electrons. The summed E-state index contributed by atoms with van der Waals surface area (Å²) < 4.78 is 8.12. The van der Waals surface area contributed by atoms with Crippen molar-refractivity contribution in [2.45, 2.75) is 12.5 Å². The fourth-order valence-electron chi connectivity index (χ4n) is 2.46. The highest BCUT2D eigenvalue weighted by Gasteiger charge is 2.34. The highest BCUT2D eigenvalue weighted by Crippen LogP contribution is 2.40. The lowest BCUT2D eigenvalue weighted by Gasteiger charge is -2.23. The first-order valence-corrected chi connectivity index (χ1v) is 7.13. The van der Waals surface area contributed by atoms with Crippen molar-refractivity contribution < 1.29 is 9.84 Å². The number of thiophene rings is 1. The number of fused-ring (bicyclic) bond motifs is 1. The number of aliphatic hydroxyl groups is 1. The van der Waals surface area contributed by atoms with E-state index in [2.05, 4.69) is 11.2 Å². The Morgan fingerprint density at radius 1 is 1.35 bits per heavy atom. The summed E-state index contributed by atoms with van der Waals surface area (Å²) >= 11 is 1.58. The Hall–Kier alpha value is -1.85. The van der Waals surface area contributed by atoms with Crippen LogP contribution >= 0.6 is 11.3 Å². The van der Waals surface area contributed by atoms with Crippen molar-refractivity contribution in [1.29, 1.82) is 0 Å². The maximum Gasteiger partial charge on any atom is 0.163 e. The van der Waals surface area contributed by atoms with Crippen LogP contribution in [0.15, 0.2) is 36.5 Å². The van der Waals surface area contributed by atoms with E-state index in [9.17, 15) is 5.11 Å². The van der Waals surface area contributed by atoms with Gasteiger partial charge in [0, 0.05) is 16.6 Å². The molecule has 3 aromatic rings. The monoisotopic (exact) mass is 288 g/mol. The molecule has 4 nitrogen and oxygen atoms in total. The van der Waals surface area contributed by atoms with Gasteiger partial charge in [0.1, 0.15) is 11.3 Å². The zero-order valence-electron chi connectivity index (χ0n) is 11.6. The number of hydrogen-bond donors (Lipinski definition) is 1. The summed E-state index contributed by atoms with van der Waals surface area (Å²) in [5.41, 5.74) is -0.480. The second-order valence-electron chi connectivity index (χ2n) is 4.91. The minimum atomic E-state index is -1.14. The highest BCUT2D eigenvalue weighted by molar-refractivity contribution is 7.19. The molecule has 2 aromatic heterocycles. The third kappa shape index (κ3) is 1.90. The molecule has 1 atom stereocenters. The lowest BCUT2D eigenvalue weighted by molar-refractivity contribution is 0.0936. The molecule has 0 spiro atoms. The lowest BCUT2D eigenvalue weighted by Crippen LogP contribution is -2.25. The van der Waals surface area contributed by atoms with Crippen molar-refractivity contribution in [2.24, 2.45) is 7.05 Å². The summed E-state index contributed by atoms with van der Waals surface area (Å²) in [5.74, 6) is 0.593. The van der Waals surface area contributed by atoms with Gasteiger partial charge in [-0.15, -0.1) is 11.3 Å². The summed E-state index contributed by atoms with van der Waals surface area (Å²) in [6.07, 6.45) is 1.62. The number of methoxy groups -OCH3 is 1. The largest absolute Gasteiger partial charge is 0.493 e. The van der Waals surface area contributed by atoms with E-state index < -0.39 is 5.60 Å². The van der Waals surface area contributed by atoms with Crippen LogP contribution in [0, 0.1) is 0 Å². The van der Waals surface area contributed by atoms with Crippen molar-refractivity contribution in [3.05, 3.63) is 47.1 Å². The van der Waals surface area contributed by atoms with Gasteiger partial charge in [-0.3, -0.25) is 4.68 Å². The minimum Gasteiger partial charge on any atom is -0.493 e. The average molecular weight is 288 g/mol. The second-order valence-corrected chi connectivity index (χ2v) is 5.99. The number of ether oxygens (including phenoxy) is 1. The summed E-state index contributed by atoms with van der Waals surface area (Å²) in [5, 5.41) is 16.3. The smallest absolute Gasteiger partial charge is 0.163 e. The van der Waals surface area contributed by atoms with Gasteiger partial charge in [-0.25, -0.2) is 0 Å². The number of rotatable bonds is 3. The Balaban J connectivity index is 2.17. The molecule has 1 unspecified atom stereocenters. The van der Waals surface area contributed by atoms with Gasteiger partial charge in [-0.1, -0.05) is 18.2 Å². The molecule has 0 fully saturated rings. The van der Waals surface area contributed by atoms with Gasteiger partial charge in [-0.05, 0) is 24.4 Å². The molecule has 104 valence electrons. The predicted octanol–water partition coefficient (Wildman–Crippen LogP) is 2.90. The molecule has 0 aliphatic heterocycles. The first-order chi connectivity index (χ1) is 9.54. The quantitative estimate of drug-likeness (QED) is 0.806. The number of aryl methyl sites for hydroxylation is 1. The van der Waals surface area contributed by atoms with Gasteiger partial charge in [0.05, 0.1) is 13.3 Å². The number of nitrogens with zero attached hydrogens (tertiary/aromatic N) is 2. The van der Waals surface area contributed by atoms with Crippen LogP contribution in [0.4, 0.5) is 0 Å². The van der Waals surface area contributed by atoms with Gasteiger partial charge in [0.2, 0.25) is 0 Å². The van der Waals surface area contributed by atoms with Crippen LogP contribution in [0.25, 0.3) is 10.1 Å². The van der Waals surface area contributed by atoms with E-state index >= 15 is 0 Å². The highest BCUT2D eigenvalue weighted by atomic mass is 32.1. The fraction of sp³-hybridized carbons (Fsp3) is 0.267. The van der Waals surface area contributed by atoms with Crippen molar-refractivity contribution in [3.8, 4) is 5.75 Å². The van der Waals surface area contributed by atoms with Crippen molar-refractivity contribution in [3.63, 3.8) is 0 Å². The third-order valence-corrected chi connectivity index (χ3v) is 4.82. The lowest BCUT2D eigenvalue weighted by atomic mass is 9.99. The van der Waals surface area contributed by atoms with Gasteiger partial charge >= 0.3 is 0 Å². The molecule has 0 aliphatic rings. The van der Waals surface area contributed by atoms with Gasteiger partial charge < -0.3 is 9.84 Å². The maximum absolute atomic E-state index is 11.0. The summed E-state index contributed by atoms with van der Waals surface area (Å²) in [6.45, 7) is 1.78. The molecule has 2 heterocycles. The van der Waals surface area contributed by atoms with Crippen molar-refractivity contribution in [2.75, 3.05) is 7.11 Å². The van der Waals surface area contributed by atoms with E-state index in [4.69, 9.17) is 4.74 Å². The molecule has 20 heavy (non-hydrogen) atoms. The van der Waals surface area contributed by atoms with Gasteiger partial charge in [0.15, 0.2) is 5.75 Å². The predicted molar refractivity (Wildman–Crippen MR) is 80.3 cm³/mol. The Kier molecular flexibility index (Phi) is 3.03. The normalized spacial score (nSPS) is 14.4. The molecule has 1 aromatic carbocycles. The molecular weight excluding hydrogens is 272 g/mol. The Bertz CT molecular complexity index is 725. The number of benzene rings is 1. The first kappa shape index (κ1) is 13.1. The molecule has 0 saturated heterocycles. The Labute approximate surface area is 121 Å². The van der Waals surface area contributed by atoms with Crippen molar-refractivity contribution >= 4 is 21.4 Å². The zero-order chi connectivity index (χ0) is 14.3. The molecule has 3 rings (SSSR count). The minimum absolute atomic E-state index is 0.593. The SMILES string of the molecule is COc1cnn(C)c1C(C)(O)c1cc2ccccc2s1. The number of aromatic nitrogens is 2. The topological polar surface area (TPSA) is 47.3 Å². The van der Waals surface area contributed by atoms with E-state index in [1.165, 1.54) is 0 Å². The first-order valence-electron chi connectivity index (χ1n) is 6.32. The van der Waals surface area contributed by atoms with Gasteiger partial charge in [-0.2, -0.15) is 5.10 Å². The standard InChI is InChI=1S/C15H16N2O2S/c1-15(18,14-11(19-3)9-16-17(14)2)13-8-10-6-4-5-7-12(10)20-13/h4-9,18H,1-3H3. The van der Waals surface area contributed by atoms with Crippen LogP contribution in [0.3, 0.4) is 0 Å². The maximum atomic E-state index is 11.0. The number of hydrogen-bond acceptors (Lipinski definition) is 4. The van der Waals surface area contributed by atoms with Crippen LogP contribution in [-0.4, -0.2) is 22.0 Å². The molecular formula is C15H16N2O2S. The van der Waals surface area contributed by atoms with Gasteiger partial charge in [0.25, 0.3) is 0 Å². The second kappa shape index (κ2) is 4.61. The molecule has 0 amide bonds. The van der Waals surface area contributed by atoms with Crippen LogP contribution in [-0.2, 0) is 12.6 Å². The summed E-state index contributed by atoms with van der Waals surface area (Å²) in [6, 6.07) is 10.1.